The van der Waals surface area contributed by atoms with Crippen molar-refractivity contribution < 1.29 is 14.3 Å². The molecule has 0 spiro atoms. The van der Waals surface area contributed by atoms with Crippen molar-refractivity contribution in [2.24, 2.45) is 0 Å². The van der Waals surface area contributed by atoms with Crippen LogP contribution in [0.4, 0.5) is 0 Å². The zero-order valence-corrected chi connectivity index (χ0v) is 19.0. The van der Waals surface area contributed by atoms with E-state index in [-0.39, 0.29) is 5.78 Å². The number of hydrogen-bond acceptors (Lipinski definition) is 5. The zero-order chi connectivity index (χ0) is 21.3. The molecular weight excluding hydrogens is 394 g/mol. The lowest BCUT2D eigenvalue weighted by atomic mass is 10.0. The van der Waals surface area contributed by atoms with Crippen molar-refractivity contribution in [3.05, 3.63) is 64.7 Å². The topological polar surface area (TPSA) is 38.8 Å². The van der Waals surface area contributed by atoms with Crippen LogP contribution in [0.1, 0.15) is 33.5 Å². The van der Waals surface area contributed by atoms with E-state index in [1.54, 1.807) is 17.8 Å². The van der Waals surface area contributed by atoms with Gasteiger partial charge in [-0.15, -0.1) is 11.8 Å². The van der Waals surface area contributed by atoms with Crippen LogP contribution in [-0.4, -0.2) is 56.4 Å². The Bertz CT molecular complexity index is 847. The molecule has 1 fully saturated rings. The molecule has 0 amide bonds. The third-order valence-corrected chi connectivity index (χ3v) is 6.00. The minimum absolute atomic E-state index is 0.0152. The summed E-state index contributed by atoms with van der Waals surface area (Å²) in [6, 6.07) is 11.9. The first kappa shape index (κ1) is 22.6. The number of benzene rings is 2. The van der Waals surface area contributed by atoms with E-state index in [0.717, 1.165) is 66.6 Å². The molecule has 0 saturated carbocycles. The summed E-state index contributed by atoms with van der Waals surface area (Å²) in [5, 5.41) is 0. The second-order valence-corrected chi connectivity index (χ2v) is 8.45. The number of ether oxygens (including phenoxy) is 2. The van der Waals surface area contributed by atoms with E-state index < -0.39 is 0 Å². The monoisotopic (exact) mass is 425 g/mol. The van der Waals surface area contributed by atoms with Crippen LogP contribution in [0.3, 0.4) is 0 Å². The summed E-state index contributed by atoms with van der Waals surface area (Å²) >= 11 is 1.67. The first-order valence-corrected chi connectivity index (χ1v) is 11.7. The van der Waals surface area contributed by atoms with Crippen molar-refractivity contribution in [1.29, 1.82) is 0 Å². The maximum Gasteiger partial charge on any atom is 0.185 e. The number of ketones is 1. The Kier molecular flexibility index (Phi) is 8.55. The van der Waals surface area contributed by atoms with Crippen molar-refractivity contribution in [2.75, 3.05) is 45.7 Å². The third kappa shape index (κ3) is 6.46. The molecule has 1 aliphatic rings. The fraction of sp³-hybridized carbons (Fsp3) is 0.400. The quantitative estimate of drug-likeness (QED) is 0.244. The average Bonchev–Trinajstić information content (AvgIpc) is 2.77. The average molecular weight is 426 g/mol. The smallest absolute Gasteiger partial charge is 0.185 e. The third-order valence-electron chi connectivity index (χ3n) is 5.25. The van der Waals surface area contributed by atoms with Gasteiger partial charge in [0.2, 0.25) is 0 Å². The molecule has 3 rings (SSSR count). The van der Waals surface area contributed by atoms with Gasteiger partial charge in [-0.1, -0.05) is 6.08 Å². The number of hydrogen-bond donors (Lipinski definition) is 0. The molecule has 4 nitrogen and oxygen atoms in total. The van der Waals surface area contributed by atoms with Gasteiger partial charge in [-0.05, 0) is 85.7 Å². The van der Waals surface area contributed by atoms with Crippen LogP contribution in [0.5, 0.6) is 5.75 Å². The van der Waals surface area contributed by atoms with Crippen LogP contribution >= 0.6 is 11.8 Å². The lowest BCUT2D eigenvalue weighted by molar-refractivity contribution is 0.0357. The molecule has 2 aromatic carbocycles. The molecule has 5 heteroatoms. The Labute approximate surface area is 184 Å². The highest BCUT2D eigenvalue weighted by molar-refractivity contribution is 7.98. The van der Waals surface area contributed by atoms with Crippen LogP contribution < -0.4 is 4.74 Å². The summed E-state index contributed by atoms with van der Waals surface area (Å²) in [6.07, 6.45) is 6.56. The summed E-state index contributed by atoms with van der Waals surface area (Å²) in [5.74, 6) is 0.967. The van der Waals surface area contributed by atoms with Gasteiger partial charge in [0, 0.05) is 30.1 Å². The molecule has 160 valence electrons. The summed E-state index contributed by atoms with van der Waals surface area (Å²) in [6.45, 7) is 9.56. The highest BCUT2D eigenvalue weighted by Crippen LogP contribution is 2.26. The number of aryl methyl sites for hydroxylation is 2. The molecule has 0 N–H and O–H groups in total. The Hall–Kier alpha value is -2.08. The molecule has 0 atom stereocenters. The van der Waals surface area contributed by atoms with Crippen LogP contribution in [0.2, 0.25) is 0 Å². The maximum absolute atomic E-state index is 12.4. The Morgan fingerprint density at radius 2 is 1.80 bits per heavy atom. The van der Waals surface area contributed by atoms with Crippen molar-refractivity contribution in [1.82, 2.24) is 4.90 Å². The molecule has 0 aliphatic carbocycles. The molecule has 2 aromatic rings. The van der Waals surface area contributed by atoms with Gasteiger partial charge in [0.05, 0.1) is 19.8 Å². The number of rotatable bonds is 9. The van der Waals surface area contributed by atoms with E-state index >= 15 is 0 Å². The Morgan fingerprint density at radius 3 is 2.43 bits per heavy atom. The van der Waals surface area contributed by atoms with Gasteiger partial charge in [0.25, 0.3) is 0 Å². The van der Waals surface area contributed by atoms with Gasteiger partial charge in [-0.2, -0.15) is 0 Å². The van der Waals surface area contributed by atoms with Crippen LogP contribution in [0.25, 0.3) is 6.08 Å². The van der Waals surface area contributed by atoms with Gasteiger partial charge in [0.1, 0.15) is 5.75 Å². The van der Waals surface area contributed by atoms with E-state index in [2.05, 4.69) is 30.9 Å². The molecule has 30 heavy (non-hydrogen) atoms. The van der Waals surface area contributed by atoms with Crippen molar-refractivity contribution in [3.63, 3.8) is 0 Å². The number of morpholine rings is 1. The maximum atomic E-state index is 12.4. The van der Waals surface area contributed by atoms with Gasteiger partial charge < -0.3 is 9.47 Å². The zero-order valence-electron chi connectivity index (χ0n) is 18.1. The molecule has 1 aliphatic heterocycles. The lowest BCUT2D eigenvalue weighted by Gasteiger charge is -2.26. The predicted octanol–water partition coefficient (Wildman–Crippen LogP) is 5.02. The second-order valence-electron chi connectivity index (χ2n) is 7.57. The molecule has 1 heterocycles. The largest absolute Gasteiger partial charge is 0.493 e. The molecule has 1 saturated heterocycles. The molecule has 0 radical (unpaired) electrons. The second kappa shape index (κ2) is 11.3. The van der Waals surface area contributed by atoms with E-state index in [0.29, 0.717) is 12.2 Å². The van der Waals surface area contributed by atoms with Gasteiger partial charge in [-0.25, -0.2) is 0 Å². The van der Waals surface area contributed by atoms with E-state index in [1.165, 1.54) is 0 Å². The minimum atomic E-state index is 0.0152. The first-order chi connectivity index (χ1) is 14.6. The normalized spacial score (nSPS) is 14.9. The van der Waals surface area contributed by atoms with E-state index in [9.17, 15) is 4.79 Å². The van der Waals surface area contributed by atoms with E-state index in [1.807, 2.05) is 36.6 Å². The molecule has 0 unspecified atom stereocenters. The summed E-state index contributed by atoms with van der Waals surface area (Å²) < 4.78 is 11.5. The number of carbonyl (C=O) groups excluding carboxylic acids is 1. The molecular formula is C25H31NO3S. The van der Waals surface area contributed by atoms with Crippen LogP contribution in [0, 0.1) is 13.8 Å². The van der Waals surface area contributed by atoms with Crippen molar-refractivity contribution >= 4 is 23.6 Å². The first-order valence-electron chi connectivity index (χ1n) is 10.5. The summed E-state index contributed by atoms with van der Waals surface area (Å²) in [7, 11) is 0. The van der Waals surface area contributed by atoms with Gasteiger partial charge in [-0.3, -0.25) is 9.69 Å². The number of thioether (sulfide) groups is 1. The highest BCUT2D eigenvalue weighted by atomic mass is 32.2. The van der Waals surface area contributed by atoms with Gasteiger partial charge >= 0.3 is 0 Å². The SMILES string of the molecule is CSc1ccc(C(=O)/C=C/c2cc(C)c(OCCCN3CCOCC3)c(C)c2)cc1. The lowest BCUT2D eigenvalue weighted by Crippen LogP contribution is -2.37. The fourth-order valence-corrected chi connectivity index (χ4v) is 4.03. The minimum Gasteiger partial charge on any atom is -0.493 e. The Morgan fingerprint density at radius 1 is 1.13 bits per heavy atom. The predicted molar refractivity (Wildman–Crippen MR) is 125 cm³/mol. The van der Waals surface area contributed by atoms with Gasteiger partial charge in [0.15, 0.2) is 5.78 Å². The standard InChI is InChI=1S/C25H31NO3S/c1-19-17-21(5-10-24(27)22-6-8-23(30-3)9-7-22)18-20(2)25(19)29-14-4-11-26-12-15-28-16-13-26/h5-10,17-18H,4,11-16H2,1-3H3/b10-5+. The summed E-state index contributed by atoms with van der Waals surface area (Å²) in [4.78, 5) is 16.0. The van der Waals surface area contributed by atoms with Crippen LogP contribution in [-0.2, 0) is 4.74 Å². The molecule has 0 aromatic heterocycles. The fourth-order valence-electron chi connectivity index (χ4n) is 3.62. The Balaban J connectivity index is 1.55. The molecule has 0 bridgehead atoms. The van der Waals surface area contributed by atoms with Crippen molar-refractivity contribution in [3.8, 4) is 5.75 Å². The number of allylic oxidation sites excluding steroid dienone is 1. The number of nitrogens with zero attached hydrogens (tertiary/aromatic N) is 1. The highest BCUT2D eigenvalue weighted by Gasteiger charge is 2.10. The number of carbonyl (C=O) groups is 1. The summed E-state index contributed by atoms with van der Waals surface area (Å²) in [5.41, 5.74) is 3.91. The van der Waals surface area contributed by atoms with Crippen LogP contribution in [0.15, 0.2) is 47.4 Å². The van der Waals surface area contributed by atoms with Crippen molar-refractivity contribution in [2.45, 2.75) is 25.2 Å². The van der Waals surface area contributed by atoms with E-state index in [4.69, 9.17) is 9.47 Å².